The molecule has 0 unspecified atom stereocenters. The number of thiocarbonyl (C=S) groups is 1. The Balaban J connectivity index is 1.84. The normalized spacial score (nSPS) is 15.8. The van der Waals surface area contributed by atoms with Crippen LogP contribution in [0.1, 0.15) is 22.6 Å². The maximum absolute atomic E-state index is 11.8. The highest BCUT2D eigenvalue weighted by Gasteiger charge is 2.22. The third-order valence-electron chi connectivity index (χ3n) is 3.55. The number of amides is 1. The fraction of sp³-hybridized carbons (Fsp3) is 0.176. The average Bonchev–Trinajstić information content (AvgIpc) is 3.00. The zero-order chi connectivity index (χ0) is 17.3. The first kappa shape index (κ1) is 16.9. The summed E-state index contributed by atoms with van der Waals surface area (Å²) in [5.74, 6) is 2.03. The van der Waals surface area contributed by atoms with Crippen molar-refractivity contribution < 1.29 is 13.9 Å². The van der Waals surface area contributed by atoms with Crippen LogP contribution in [0.4, 0.5) is 0 Å². The summed E-state index contributed by atoms with van der Waals surface area (Å²) in [5.41, 5.74) is 2.39. The molecule has 1 amide bonds. The van der Waals surface area contributed by atoms with E-state index in [4.69, 9.17) is 29.2 Å². The van der Waals surface area contributed by atoms with Gasteiger partial charge in [-0.1, -0.05) is 41.6 Å². The van der Waals surface area contributed by atoms with Gasteiger partial charge in [0.05, 0.1) is 4.91 Å². The number of hydrogen-bond donors (Lipinski definition) is 1. The van der Waals surface area contributed by atoms with Crippen molar-refractivity contribution in [3.8, 4) is 5.75 Å². The van der Waals surface area contributed by atoms with Crippen LogP contribution in [0.25, 0.3) is 6.08 Å². The van der Waals surface area contributed by atoms with Gasteiger partial charge in [0.1, 0.15) is 36.0 Å². The van der Waals surface area contributed by atoms with Crippen molar-refractivity contribution in [2.24, 2.45) is 0 Å². The van der Waals surface area contributed by atoms with E-state index in [2.05, 4.69) is 5.32 Å². The summed E-state index contributed by atoms with van der Waals surface area (Å²) in [6, 6.07) is 7.24. The van der Waals surface area contributed by atoms with E-state index in [1.807, 2.05) is 19.9 Å². The number of furan rings is 1. The highest BCUT2D eigenvalue weighted by Crippen LogP contribution is 2.29. The number of carbonyl (C=O) groups excluding carboxylic acids is 1. The molecule has 0 aliphatic carbocycles. The molecule has 1 fully saturated rings. The molecule has 0 bridgehead atoms. The molecule has 1 aromatic carbocycles. The molecule has 24 heavy (non-hydrogen) atoms. The summed E-state index contributed by atoms with van der Waals surface area (Å²) in [5, 5.41) is 2.59. The van der Waals surface area contributed by atoms with E-state index in [1.165, 1.54) is 11.8 Å². The van der Waals surface area contributed by atoms with E-state index >= 15 is 0 Å². The monoisotopic (exact) mass is 355 g/mol. The lowest BCUT2D eigenvalue weighted by atomic mass is 9.94. The Labute approximate surface area is 151 Å². The second-order valence-electron chi connectivity index (χ2n) is 5.39. The Hall–Kier alpha value is -1.99. The Morgan fingerprint density at radius 3 is 2.79 bits per heavy atom. The van der Waals surface area contributed by atoms with Crippen molar-refractivity contribution in [1.29, 1.82) is 0 Å². The fourth-order valence-electron chi connectivity index (χ4n) is 2.24. The first-order valence-electron chi connectivity index (χ1n) is 7.25. The van der Waals surface area contributed by atoms with E-state index in [9.17, 15) is 4.79 Å². The van der Waals surface area contributed by atoms with Gasteiger partial charge in [-0.2, -0.15) is 0 Å². The number of hydrogen-bond acceptors (Lipinski definition) is 5. The van der Waals surface area contributed by atoms with Gasteiger partial charge < -0.3 is 14.5 Å². The van der Waals surface area contributed by atoms with E-state index < -0.39 is 0 Å². The lowest BCUT2D eigenvalue weighted by Gasteiger charge is -2.09. The molecule has 120 valence electrons. The lowest BCUT2D eigenvalue weighted by molar-refractivity contribution is -0.115. The summed E-state index contributed by atoms with van der Waals surface area (Å²) in [4.78, 5) is 12.3. The van der Waals surface area contributed by atoms with Crippen LogP contribution in [0, 0.1) is 13.8 Å². The number of carbonyl (C=O) groups is 1. The van der Waals surface area contributed by atoms with E-state index in [-0.39, 0.29) is 5.91 Å². The summed E-state index contributed by atoms with van der Waals surface area (Å²) in [6.45, 7) is 4.20. The largest absolute Gasteiger partial charge is 0.485 e. The van der Waals surface area contributed by atoms with Crippen LogP contribution < -0.4 is 15.5 Å². The number of benzene rings is 1. The van der Waals surface area contributed by atoms with Gasteiger partial charge in [-0.05, 0) is 37.6 Å². The van der Waals surface area contributed by atoms with E-state index in [1.54, 1.807) is 24.3 Å². The average molecular weight is 355 g/mol. The van der Waals surface area contributed by atoms with Crippen LogP contribution >= 0.6 is 24.0 Å². The zero-order valence-electron chi connectivity index (χ0n) is 13.2. The van der Waals surface area contributed by atoms with Crippen molar-refractivity contribution in [3.05, 3.63) is 51.8 Å². The van der Waals surface area contributed by atoms with Crippen LogP contribution in [0.3, 0.4) is 0 Å². The maximum Gasteiger partial charge on any atom is 0.263 e. The second kappa shape index (κ2) is 6.87. The highest BCUT2D eigenvalue weighted by atomic mass is 32.2. The molecule has 2 aromatic rings. The van der Waals surface area contributed by atoms with Crippen LogP contribution in [0.2, 0.25) is 0 Å². The van der Waals surface area contributed by atoms with Gasteiger partial charge in [0.2, 0.25) is 0 Å². The first-order chi connectivity index (χ1) is 11.4. The first-order valence-corrected chi connectivity index (χ1v) is 8.48. The molecule has 0 atom stereocenters. The molecule has 1 aliphatic heterocycles. The van der Waals surface area contributed by atoms with Crippen LogP contribution in [0.5, 0.6) is 5.75 Å². The molecular formula is C17H14BNO3S2. The van der Waals surface area contributed by atoms with Crippen LogP contribution in [-0.2, 0) is 11.4 Å². The fourth-order valence-corrected chi connectivity index (χ4v) is 3.28. The van der Waals surface area contributed by atoms with Crippen molar-refractivity contribution in [2.75, 3.05) is 0 Å². The van der Waals surface area contributed by atoms with Crippen LogP contribution in [-0.4, -0.2) is 18.1 Å². The molecular weight excluding hydrogens is 341 g/mol. The predicted molar refractivity (Wildman–Crippen MR) is 101 cm³/mol. The minimum Gasteiger partial charge on any atom is -0.485 e. The van der Waals surface area contributed by atoms with E-state index in [0.29, 0.717) is 27.0 Å². The smallest absolute Gasteiger partial charge is 0.263 e. The molecule has 1 aliphatic rings. The lowest BCUT2D eigenvalue weighted by Crippen LogP contribution is -2.17. The van der Waals surface area contributed by atoms with Gasteiger partial charge in [-0.25, -0.2) is 0 Å². The maximum atomic E-state index is 11.8. The van der Waals surface area contributed by atoms with Gasteiger partial charge in [-0.15, -0.1) is 0 Å². The summed E-state index contributed by atoms with van der Waals surface area (Å²) in [7, 11) is 5.86. The summed E-state index contributed by atoms with van der Waals surface area (Å²) >= 11 is 6.22. The van der Waals surface area contributed by atoms with Crippen molar-refractivity contribution >= 4 is 53.6 Å². The topological polar surface area (TPSA) is 51.5 Å². The zero-order valence-corrected chi connectivity index (χ0v) is 14.8. The van der Waals surface area contributed by atoms with Gasteiger partial charge in [0.25, 0.3) is 5.91 Å². The molecule has 1 N–H and O–H groups in total. The van der Waals surface area contributed by atoms with Gasteiger partial charge in [0, 0.05) is 5.56 Å². The number of rotatable bonds is 4. The second-order valence-corrected chi connectivity index (χ2v) is 7.11. The molecule has 2 radical (unpaired) electrons. The van der Waals surface area contributed by atoms with Gasteiger partial charge >= 0.3 is 0 Å². The Morgan fingerprint density at radius 1 is 1.38 bits per heavy atom. The third kappa shape index (κ3) is 3.74. The molecule has 2 heterocycles. The Morgan fingerprint density at radius 2 is 2.17 bits per heavy atom. The predicted octanol–water partition coefficient (Wildman–Crippen LogP) is 2.76. The number of ether oxygens (including phenoxy) is 1. The van der Waals surface area contributed by atoms with E-state index in [0.717, 1.165) is 22.6 Å². The van der Waals surface area contributed by atoms with Gasteiger partial charge in [0.15, 0.2) is 0 Å². The van der Waals surface area contributed by atoms with Crippen LogP contribution in [0.15, 0.2) is 33.6 Å². The molecule has 0 spiro atoms. The minimum atomic E-state index is -0.212. The summed E-state index contributed by atoms with van der Waals surface area (Å²) in [6.07, 6.45) is 1.73. The quantitative estimate of drug-likeness (QED) is 0.519. The Bertz CT molecular complexity index is 838. The highest BCUT2D eigenvalue weighted by molar-refractivity contribution is 8.26. The molecule has 1 saturated heterocycles. The minimum absolute atomic E-state index is 0.212. The van der Waals surface area contributed by atoms with Crippen molar-refractivity contribution in [2.45, 2.75) is 20.5 Å². The summed E-state index contributed by atoms with van der Waals surface area (Å²) < 4.78 is 11.9. The Kier molecular flexibility index (Phi) is 4.82. The molecule has 1 aromatic heterocycles. The van der Waals surface area contributed by atoms with Crippen molar-refractivity contribution in [1.82, 2.24) is 5.32 Å². The standard InChI is InChI=1S/C17H14BNO3S2/c1-9-5-13(22-10(9)2)8-21-14-4-3-12(18)6-11(14)7-15-16(20)19-17(23)24-15/h3-7H,8H2,1-2H3,(H,19,20,23)/b15-7-. The molecule has 3 rings (SSSR count). The number of aryl methyl sites for hydroxylation is 2. The molecule has 0 saturated carbocycles. The third-order valence-corrected chi connectivity index (χ3v) is 4.71. The van der Waals surface area contributed by atoms with Crippen molar-refractivity contribution in [3.63, 3.8) is 0 Å². The SMILES string of the molecule is [B]c1ccc(OCc2cc(C)c(C)o2)c(/C=C2\SC(=S)NC2=O)c1. The molecule has 7 heteroatoms. The number of nitrogens with one attached hydrogen (secondary N) is 1. The number of thioether (sulfide) groups is 1. The van der Waals surface area contributed by atoms with Gasteiger partial charge in [-0.3, -0.25) is 4.79 Å². The molecule has 4 nitrogen and oxygen atoms in total.